The summed E-state index contributed by atoms with van der Waals surface area (Å²) in [5, 5.41) is 6.46. The Morgan fingerprint density at radius 2 is 2.17 bits per heavy atom. The monoisotopic (exact) mass is 340 g/mol. The second-order valence-electron chi connectivity index (χ2n) is 6.19. The van der Waals surface area contributed by atoms with E-state index < -0.39 is 0 Å². The van der Waals surface area contributed by atoms with Crippen molar-refractivity contribution >= 4 is 18.3 Å². The van der Waals surface area contributed by atoms with Gasteiger partial charge < -0.3 is 15.4 Å². The first-order valence-corrected chi connectivity index (χ1v) is 8.36. The van der Waals surface area contributed by atoms with Crippen molar-refractivity contribution in [2.24, 2.45) is 0 Å². The number of carbonyl (C=O) groups excluding carboxylic acids is 1. The summed E-state index contributed by atoms with van der Waals surface area (Å²) in [6.45, 7) is 7.56. The highest BCUT2D eigenvalue weighted by molar-refractivity contribution is 5.85. The number of piperidine rings is 1. The van der Waals surface area contributed by atoms with Crippen molar-refractivity contribution in [3.63, 3.8) is 0 Å². The standard InChI is InChI=1S/C18H28N2O2.ClH/c1-4-13(2)15-8-5-6-10-17(15)22-12-18(21)20-16-9-7-11-19-14(16)3;/h5-6,8,10,13-14,16,19H,4,7,9,11-12H2,1-3H3,(H,20,21);1H. The van der Waals surface area contributed by atoms with Gasteiger partial charge in [0.1, 0.15) is 5.75 Å². The van der Waals surface area contributed by atoms with Crippen LogP contribution in [0.3, 0.4) is 0 Å². The van der Waals surface area contributed by atoms with E-state index in [-0.39, 0.29) is 31.0 Å². The summed E-state index contributed by atoms with van der Waals surface area (Å²) < 4.78 is 5.77. The van der Waals surface area contributed by atoms with E-state index in [1.54, 1.807) is 0 Å². The lowest BCUT2D eigenvalue weighted by Crippen LogP contribution is -2.52. The fourth-order valence-corrected chi connectivity index (χ4v) is 2.87. The molecule has 0 spiro atoms. The number of hydrogen-bond donors (Lipinski definition) is 2. The molecule has 1 fully saturated rings. The molecule has 2 N–H and O–H groups in total. The summed E-state index contributed by atoms with van der Waals surface area (Å²) in [6, 6.07) is 8.52. The van der Waals surface area contributed by atoms with Crippen LogP contribution in [0.25, 0.3) is 0 Å². The topological polar surface area (TPSA) is 50.4 Å². The summed E-state index contributed by atoms with van der Waals surface area (Å²) in [7, 11) is 0. The highest BCUT2D eigenvalue weighted by Crippen LogP contribution is 2.28. The fourth-order valence-electron chi connectivity index (χ4n) is 2.87. The van der Waals surface area contributed by atoms with Gasteiger partial charge in [0.15, 0.2) is 6.61 Å². The maximum atomic E-state index is 12.1. The van der Waals surface area contributed by atoms with Crippen LogP contribution in [0.15, 0.2) is 24.3 Å². The molecule has 1 aliphatic rings. The Hall–Kier alpha value is -1.26. The third-order valence-corrected chi connectivity index (χ3v) is 4.53. The van der Waals surface area contributed by atoms with Crippen LogP contribution in [0, 0.1) is 0 Å². The number of para-hydroxylation sites is 1. The Morgan fingerprint density at radius 1 is 1.43 bits per heavy atom. The summed E-state index contributed by atoms with van der Waals surface area (Å²) in [4.78, 5) is 12.1. The zero-order chi connectivity index (χ0) is 15.9. The second kappa shape index (κ2) is 9.78. The molecule has 3 unspecified atom stereocenters. The summed E-state index contributed by atoms with van der Waals surface area (Å²) in [5.41, 5.74) is 1.17. The predicted molar refractivity (Wildman–Crippen MR) is 96.5 cm³/mol. The zero-order valence-corrected chi connectivity index (χ0v) is 15.1. The fraction of sp³-hybridized carbons (Fsp3) is 0.611. The molecule has 2 rings (SSSR count). The molecule has 23 heavy (non-hydrogen) atoms. The molecule has 0 radical (unpaired) electrons. The molecule has 0 saturated carbocycles. The smallest absolute Gasteiger partial charge is 0.258 e. The molecule has 3 atom stereocenters. The van der Waals surface area contributed by atoms with E-state index in [0.29, 0.717) is 12.0 Å². The van der Waals surface area contributed by atoms with E-state index in [1.807, 2.05) is 18.2 Å². The first kappa shape index (κ1) is 19.8. The highest BCUT2D eigenvalue weighted by atomic mass is 35.5. The van der Waals surface area contributed by atoms with Crippen LogP contribution in [0.4, 0.5) is 0 Å². The Labute approximate surface area is 145 Å². The van der Waals surface area contributed by atoms with Crippen LogP contribution >= 0.6 is 12.4 Å². The minimum absolute atomic E-state index is 0. The summed E-state index contributed by atoms with van der Waals surface area (Å²) in [5.74, 6) is 1.21. The van der Waals surface area contributed by atoms with Gasteiger partial charge in [-0.15, -0.1) is 12.4 Å². The predicted octanol–water partition coefficient (Wildman–Crippen LogP) is 3.26. The van der Waals surface area contributed by atoms with Crippen LogP contribution in [-0.2, 0) is 4.79 Å². The van der Waals surface area contributed by atoms with Gasteiger partial charge in [-0.1, -0.05) is 32.0 Å². The second-order valence-corrected chi connectivity index (χ2v) is 6.19. The van der Waals surface area contributed by atoms with Gasteiger partial charge >= 0.3 is 0 Å². The lowest BCUT2D eigenvalue weighted by molar-refractivity contribution is -0.124. The van der Waals surface area contributed by atoms with Gasteiger partial charge in [-0.3, -0.25) is 4.79 Å². The molecule has 130 valence electrons. The van der Waals surface area contributed by atoms with Crippen LogP contribution in [0.2, 0.25) is 0 Å². The SMILES string of the molecule is CCC(C)c1ccccc1OCC(=O)NC1CCCNC1C.Cl. The van der Waals surface area contributed by atoms with Gasteiger partial charge in [-0.25, -0.2) is 0 Å². The number of nitrogens with one attached hydrogen (secondary N) is 2. The number of hydrogen-bond acceptors (Lipinski definition) is 3. The molecule has 0 aromatic heterocycles. The first-order chi connectivity index (χ1) is 10.6. The van der Waals surface area contributed by atoms with Gasteiger partial charge in [0.2, 0.25) is 0 Å². The molecule has 1 aromatic carbocycles. The van der Waals surface area contributed by atoms with Gasteiger partial charge in [0, 0.05) is 12.1 Å². The normalized spacial score (nSPS) is 21.9. The number of halogens is 1. The molecule has 1 aliphatic heterocycles. The van der Waals surface area contributed by atoms with Gasteiger partial charge in [-0.2, -0.15) is 0 Å². The van der Waals surface area contributed by atoms with E-state index in [4.69, 9.17) is 4.74 Å². The first-order valence-electron chi connectivity index (χ1n) is 8.36. The van der Waals surface area contributed by atoms with Crippen LogP contribution in [0.5, 0.6) is 5.75 Å². The van der Waals surface area contributed by atoms with Crippen molar-refractivity contribution in [3.8, 4) is 5.75 Å². The van der Waals surface area contributed by atoms with E-state index in [1.165, 1.54) is 5.56 Å². The van der Waals surface area contributed by atoms with Crippen molar-refractivity contribution in [1.82, 2.24) is 10.6 Å². The minimum atomic E-state index is -0.0421. The van der Waals surface area contributed by atoms with Crippen LogP contribution in [-0.4, -0.2) is 31.1 Å². The van der Waals surface area contributed by atoms with E-state index >= 15 is 0 Å². The Balaban J connectivity index is 0.00000264. The number of ether oxygens (including phenoxy) is 1. The molecule has 5 heteroatoms. The molecule has 1 amide bonds. The minimum Gasteiger partial charge on any atom is -0.483 e. The molecular weight excluding hydrogens is 312 g/mol. The average Bonchev–Trinajstić information content (AvgIpc) is 2.54. The molecule has 1 heterocycles. The average molecular weight is 341 g/mol. The lowest BCUT2D eigenvalue weighted by atomic mass is 9.98. The lowest BCUT2D eigenvalue weighted by Gasteiger charge is -2.30. The van der Waals surface area contributed by atoms with E-state index in [2.05, 4.69) is 37.5 Å². The van der Waals surface area contributed by atoms with Crippen molar-refractivity contribution in [1.29, 1.82) is 0 Å². The largest absolute Gasteiger partial charge is 0.483 e. The number of rotatable bonds is 6. The molecule has 1 aromatic rings. The molecule has 0 bridgehead atoms. The Kier molecular flexibility index (Phi) is 8.42. The van der Waals surface area contributed by atoms with Crippen molar-refractivity contribution in [2.75, 3.05) is 13.2 Å². The Morgan fingerprint density at radius 3 is 2.87 bits per heavy atom. The van der Waals surface area contributed by atoms with Gasteiger partial charge in [-0.05, 0) is 50.3 Å². The third kappa shape index (κ3) is 5.70. The summed E-state index contributed by atoms with van der Waals surface area (Å²) in [6.07, 6.45) is 3.19. The maximum absolute atomic E-state index is 12.1. The van der Waals surface area contributed by atoms with Crippen molar-refractivity contribution in [3.05, 3.63) is 29.8 Å². The van der Waals surface area contributed by atoms with Crippen molar-refractivity contribution < 1.29 is 9.53 Å². The van der Waals surface area contributed by atoms with Crippen molar-refractivity contribution in [2.45, 2.75) is 58.0 Å². The number of benzene rings is 1. The van der Waals surface area contributed by atoms with Crippen LogP contribution in [0.1, 0.15) is 51.5 Å². The number of amides is 1. The van der Waals surface area contributed by atoms with E-state index in [9.17, 15) is 4.79 Å². The van der Waals surface area contributed by atoms with E-state index in [0.717, 1.165) is 31.6 Å². The zero-order valence-electron chi connectivity index (χ0n) is 14.3. The molecule has 4 nitrogen and oxygen atoms in total. The van der Waals surface area contributed by atoms with Crippen LogP contribution < -0.4 is 15.4 Å². The Bertz CT molecular complexity index is 496. The maximum Gasteiger partial charge on any atom is 0.258 e. The number of carbonyl (C=O) groups is 1. The summed E-state index contributed by atoms with van der Waals surface area (Å²) >= 11 is 0. The molecule has 1 saturated heterocycles. The highest BCUT2D eigenvalue weighted by Gasteiger charge is 2.22. The van der Waals surface area contributed by atoms with Gasteiger partial charge in [0.05, 0.1) is 0 Å². The third-order valence-electron chi connectivity index (χ3n) is 4.53. The quantitative estimate of drug-likeness (QED) is 0.835. The molecular formula is C18H29ClN2O2. The molecule has 0 aliphatic carbocycles. The van der Waals surface area contributed by atoms with Gasteiger partial charge in [0.25, 0.3) is 5.91 Å².